The van der Waals surface area contributed by atoms with Crippen LogP contribution in [0.1, 0.15) is 26.3 Å². The smallest absolute Gasteiger partial charge is 0.134 e. The van der Waals surface area contributed by atoms with Gasteiger partial charge in [-0.25, -0.2) is 0 Å². The van der Waals surface area contributed by atoms with Gasteiger partial charge in [-0.3, -0.25) is 5.41 Å². The summed E-state index contributed by atoms with van der Waals surface area (Å²) in [4.78, 5) is 0. The fraction of sp³-hybridized carbons (Fsp3) is 0.462. The van der Waals surface area contributed by atoms with Crippen LogP contribution < -0.4 is 15.2 Å². The van der Waals surface area contributed by atoms with E-state index in [0.29, 0.717) is 23.0 Å². The van der Waals surface area contributed by atoms with Gasteiger partial charge in [0, 0.05) is 6.07 Å². The van der Waals surface area contributed by atoms with Crippen LogP contribution in [0.4, 0.5) is 0 Å². The normalized spacial score (nSPS) is 12.3. The van der Waals surface area contributed by atoms with Gasteiger partial charge in [0.2, 0.25) is 0 Å². The number of methoxy groups -OCH3 is 1. The van der Waals surface area contributed by atoms with Crippen molar-refractivity contribution in [3.8, 4) is 11.5 Å². The lowest BCUT2D eigenvalue weighted by Crippen LogP contribution is -2.21. The molecule has 3 N–H and O–H groups in total. The van der Waals surface area contributed by atoms with Gasteiger partial charge in [0.15, 0.2) is 0 Å². The van der Waals surface area contributed by atoms with Gasteiger partial charge in [-0.05, 0) is 25.0 Å². The molecule has 1 unspecified atom stereocenters. The second kappa shape index (κ2) is 5.57. The van der Waals surface area contributed by atoms with Crippen LogP contribution in [-0.4, -0.2) is 19.0 Å². The van der Waals surface area contributed by atoms with E-state index in [1.807, 2.05) is 6.92 Å². The van der Waals surface area contributed by atoms with Gasteiger partial charge in [0.25, 0.3) is 0 Å². The van der Waals surface area contributed by atoms with Crippen molar-refractivity contribution in [2.24, 2.45) is 11.7 Å². The quantitative estimate of drug-likeness (QED) is 0.609. The Balaban J connectivity index is 3.05. The van der Waals surface area contributed by atoms with E-state index in [4.69, 9.17) is 20.6 Å². The molecule has 1 rings (SSSR count). The van der Waals surface area contributed by atoms with Crippen LogP contribution in [0.25, 0.3) is 0 Å². The zero-order valence-electron chi connectivity index (χ0n) is 10.8. The van der Waals surface area contributed by atoms with Crippen molar-refractivity contribution in [1.29, 1.82) is 5.41 Å². The Labute approximate surface area is 102 Å². The maximum Gasteiger partial charge on any atom is 0.134 e. The van der Waals surface area contributed by atoms with Crippen LogP contribution in [0.5, 0.6) is 11.5 Å². The average Bonchev–Trinajstić information content (AvgIpc) is 2.28. The molecule has 0 bridgehead atoms. The molecule has 0 radical (unpaired) electrons. The Kier molecular flexibility index (Phi) is 4.37. The monoisotopic (exact) mass is 236 g/mol. The molecule has 0 aliphatic heterocycles. The minimum atomic E-state index is -0.00129. The van der Waals surface area contributed by atoms with Crippen molar-refractivity contribution in [2.75, 3.05) is 7.11 Å². The maximum absolute atomic E-state index is 7.51. The van der Waals surface area contributed by atoms with E-state index in [0.717, 1.165) is 0 Å². The summed E-state index contributed by atoms with van der Waals surface area (Å²) in [6, 6.07) is 5.27. The molecule has 94 valence electrons. The van der Waals surface area contributed by atoms with E-state index < -0.39 is 0 Å². The largest absolute Gasteiger partial charge is 0.497 e. The molecule has 4 heteroatoms. The minimum Gasteiger partial charge on any atom is -0.497 e. The van der Waals surface area contributed by atoms with E-state index in [1.54, 1.807) is 25.3 Å². The summed E-state index contributed by atoms with van der Waals surface area (Å²) < 4.78 is 11.0. The Hall–Kier alpha value is -1.71. The topological polar surface area (TPSA) is 68.3 Å². The average molecular weight is 236 g/mol. The standard InChI is InChI=1S/C13H20N2O2/c1-8(2)9(3)17-12-7-10(16-4)5-6-11(12)13(14)15/h5-9H,1-4H3,(H3,14,15). The number of amidine groups is 1. The van der Waals surface area contributed by atoms with Crippen LogP contribution in [0.2, 0.25) is 0 Å². The van der Waals surface area contributed by atoms with Gasteiger partial charge < -0.3 is 15.2 Å². The van der Waals surface area contributed by atoms with Gasteiger partial charge in [0.05, 0.1) is 18.8 Å². The van der Waals surface area contributed by atoms with Crippen LogP contribution in [0, 0.1) is 11.3 Å². The number of nitrogen functional groups attached to an aromatic ring is 1. The predicted octanol–water partition coefficient (Wildman–Crippen LogP) is 2.40. The lowest BCUT2D eigenvalue weighted by molar-refractivity contribution is 0.169. The summed E-state index contributed by atoms with van der Waals surface area (Å²) in [5.41, 5.74) is 6.12. The molecule has 1 aromatic carbocycles. The molecule has 17 heavy (non-hydrogen) atoms. The van der Waals surface area contributed by atoms with E-state index in [1.165, 1.54) is 0 Å². The number of hydrogen-bond acceptors (Lipinski definition) is 3. The molecule has 0 aliphatic rings. The van der Waals surface area contributed by atoms with Gasteiger partial charge in [-0.1, -0.05) is 13.8 Å². The first-order chi connectivity index (χ1) is 7.95. The van der Waals surface area contributed by atoms with E-state index in [2.05, 4.69) is 13.8 Å². The van der Waals surface area contributed by atoms with Crippen LogP contribution in [0.15, 0.2) is 18.2 Å². The molecule has 4 nitrogen and oxygen atoms in total. The van der Waals surface area contributed by atoms with Crippen LogP contribution >= 0.6 is 0 Å². The van der Waals surface area contributed by atoms with Crippen molar-refractivity contribution in [3.05, 3.63) is 23.8 Å². The van der Waals surface area contributed by atoms with E-state index in [9.17, 15) is 0 Å². The van der Waals surface area contributed by atoms with Gasteiger partial charge in [0.1, 0.15) is 17.3 Å². The molecule has 0 saturated carbocycles. The van der Waals surface area contributed by atoms with Gasteiger partial charge in [-0.2, -0.15) is 0 Å². The molecular formula is C13H20N2O2. The molecule has 0 aliphatic carbocycles. The first-order valence-electron chi connectivity index (χ1n) is 5.64. The minimum absolute atomic E-state index is 0.00129. The number of hydrogen-bond donors (Lipinski definition) is 2. The molecule has 0 spiro atoms. The van der Waals surface area contributed by atoms with Crippen molar-refractivity contribution in [1.82, 2.24) is 0 Å². The van der Waals surface area contributed by atoms with E-state index in [-0.39, 0.29) is 11.9 Å². The molecule has 0 fully saturated rings. The Morgan fingerprint density at radius 3 is 2.41 bits per heavy atom. The number of ether oxygens (including phenoxy) is 2. The van der Waals surface area contributed by atoms with Crippen molar-refractivity contribution < 1.29 is 9.47 Å². The van der Waals surface area contributed by atoms with Gasteiger partial charge >= 0.3 is 0 Å². The SMILES string of the molecule is COc1ccc(C(=N)N)c(OC(C)C(C)C)c1. The van der Waals surface area contributed by atoms with Crippen molar-refractivity contribution >= 4 is 5.84 Å². The molecule has 0 saturated heterocycles. The van der Waals surface area contributed by atoms with Gasteiger partial charge in [-0.15, -0.1) is 0 Å². The second-order valence-electron chi connectivity index (χ2n) is 4.34. The van der Waals surface area contributed by atoms with Crippen molar-refractivity contribution in [3.63, 3.8) is 0 Å². The summed E-state index contributed by atoms with van der Waals surface area (Å²) in [6.07, 6.45) is 0.0557. The highest BCUT2D eigenvalue weighted by Crippen LogP contribution is 2.26. The Bertz CT molecular complexity index is 402. The highest BCUT2D eigenvalue weighted by Gasteiger charge is 2.14. The fourth-order valence-corrected chi connectivity index (χ4v) is 1.29. The third-order valence-corrected chi connectivity index (χ3v) is 2.73. The summed E-state index contributed by atoms with van der Waals surface area (Å²) >= 11 is 0. The zero-order valence-corrected chi connectivity index (χ0v) is 10.8. The third-order valence-electron chi connectivity index (χ3n) is 2.73. The zero-order chi connectivity index (χ0) is 13.0. The maximum atomic E-state index is 7.51. The highest BCUT2D eigenvalue weighted by atomic mass is 16.5. The lowest BCUT2D eigenvalue weighted by atomic mass is 10.1. The summed E-state index contributed by atoms with van der Waals surface area (Å²) in [7, 11) is 1.60. The van der Waals surface area contributed by atoms with E-state index >= 15 is 0 Å². The Morgan fingerprint density at radius 1 is 1.29 bits per heavy atom. The molecular weight excluding hydrogens is 216 g/mol. The first-order valence-corrected chi connectivity index (χ1v) is 5.64. The molecule has 0 aromatic heterocycles. The Morgan fingerprint density at radius 2 is 1.94 bits per heavy atom. The van der Waals surface area contributed by atoms with Crippen LogP contribution in [-0.2, 0) is 0 Å². The number of rotatable bonds is 5. The summed E-state index contributed by atoms with van der Waals surface area (Å²) in [6.45, 7) is 6.16. The first kappa shape index (κ1) is 13.4. The fourth-order valence-electron chi connectivity index (χ4n) is 1.29. The predicted molar refractivity (Wildman–Crippen MR) is 68.9 cm³/mol. The van der Waals surface area contributed by atoms with Crippen molar-refractivity contribution in [2.45, 2.75) is 26.9 Å². The molecule has 1 aromatic rings. The third kappa shape index (κ3) is 3.37. The molecule has 1 atom stereocenters. The lowest BCUT2D eigenvalue weighted by Gasteiger charge is -2.20. The second-order valence-corrected chi connectivity index (χ2v) is 4.34. The number of nitrogens with two attached hydrogens (primary N) is 1. The number of nitrogens with one attached hydrogen (secondary N) is 1. The summed E-state index contributed by atoms with van der Waals surface area (Å²) in [5, 5.41) is 7.51. The summed E-state index contributed by atoms with van der Waals surface area (Å²) in [5.74, 6) is 1.68. The van der Waals surface area contributed by atoms with Crippen LogP contribution in [0.3, 0.4) is 0 Å². The number of benzene rings is 1. The molecule has 0 amide bonds. The highest BCUT2D eigenvalue weighted by molar-refractivity contribution is 5.97. The molecule has 0 heterocycles.